The minimum atomic E-state index is -0.347. The number of rotatable bonds is 8. The minimum absolute atomic E-state index is 0.0246. The van der Waals surface area contributed by atoms with E-state index in [4.69, 9.17) is 4.74 Å². The summed E-state index contributed by atoms with van der Waals surface area (Å²) in [6.45, 7) is 4.78. The summed E-state index contributed by atoms with van der Waals surface area (Å²) in [7, 11) is 1.97. The van der Waals surface area contributed by atoms with E-state index in [-0.39, 0.29) is 18.1 Å². The highest BCUT2D eigenvalue weighted by Crippen LogP contribution is 2.22. The first kappa shape index (κ1) is 16.4. The Hall–Kier alpha value is -0.610. The molecule has 0 spiro atoms. The zero-order valence-electron chi connectivity index (χ0n) is 12.7. The van der Waals surface area contributed by atoms with Crippen LogP contribution >= 0.6 is 0 Å². The normalized spacial score (nSPS) is 25.0. The molecule has 1 aliphatic rings. The van der Waals surface area contributed by atoms with Gasteiger partial charge in [-0.3, -0.25) is 4.79 Å². The van der Waals surface area contributed by atoms with E-state index in [0.29, 0.717) is 6.04 Å². The van der Waals surface area contributed by atoms with Gasteiger partial charge in [-0.2, -0.15) is 0 Å². The highest BCUT2D eigenvalue weighted by molar-refractivity contribution is 5.80. The van der Waals surface area contributed by atoms with E-state index in [1.807, 2.05) is 14.0 Å². The molecule has 0 heterocycles. The summed E-state index contributed by atoms with van der Waals surface area (Å²) >= 11 is 0. The Kier molecular flexibility index (Phi) is 8.07. The van der Waals surface area contributed by atoms with Crippen LogP contribution in [0.4, 0.5) is 0 Å². The van der Waals surface area contributed by atoms with Crippen LogP contribution in [0.1, 0.15) is 58.8 Å². The SMILES string of the molecule is CCCCCNC(=O)C(C)OC1CCCCC1NC. The van der Waals surface area contributed by atoms with Crippen LogP contribution in [0.25, 0.3) is 0 Å². The summed E-state index contributed by atoms with van der Waals surface area (Å²) in [6.07, 6.45) is 7.88. The van der Waals surface area contributed by atoms with Crippen LogP contribution in [0.2, 0.25) is 0 Å². The maximum Gasteiger partial charge on any atom is 0.248 e. The van der Waals surface area contributed by atoms with Gasteiger partial charge < -0.3 is 15.4 Å². The quantitative estimate of drug-likeness (QED) is 0.665. The molecule has 1 fully saturated rings. The molecule has 4 heteroatoms. The summed E-state index contributed by atoms with van der Waals surface area (Å²) < 4.78 is 5.94. The summed E-state index contributed by atoms with van der Waals surface area (Å²) in [6, 6.07) is 0.393. The molecule has 0 radical (unpaired) electrons. The lowest BCUT2D eigenvalue weighted by Crippen LogP contribution is -2.46. The summed E-state index contributed by atoms with van der Waals surface area (Å²) in [4.78, 5) is 11.9. The maximum atomic E-state index is 11.9. The second kappa shape index (κ2) is 9.32. The largest absolute Gasteiger partial charge is 0.364 e. The number of ether oxygens (including phenoxy) is 1. The van der Waals surface area contributed by atoms with E-state index < -0.39 is 0 Å². The fraction of sp³-hybridized carbons (Fsp3) is 0.933. The molecule has 2 N–H and O–H groups in total. The molecule has 1 saturated carbocycles. The number of likely N-dealkylation sites (N-methyl/N-ethyl adjacent to an activating group) is 1. The average Bonchev–Trinajstić information content (AvgIpc) is 2.44. The van der Waals surface area contributed by atoms with E-state index in [1.54, 1.807) is 0 Å². The van der Waals surface area contributed by atoms with Crippen molar-refractivity contribution in [1.82, 2.24) is 10.6 Å². The molecule has 112 valence electrons. The molecule has 4 nitrogen and oxygen atoms in total. The Balaban J connectivity index is 2.27. The van der Waals surface area contributed by atoms with Crippen molar-refractivity contribution in [2.75, 3.05) is 13.6 Å². The summed E-state index contributed by atoms with van der Waals surface area (Å²) in [5.74, 6) is 0.0246. The van der Waals surface area contributed by atoms with Crippen molar-refractivity contribution in [3.05, 3.63) is 0 Å². The second-order valence-corrected chi connectivity index (χ2v) is 5.49. The summed E-state index contributed by atoms with van der Waals surface area (Å²) in [5, 5.41) is 6.26. The third-order valence-corrected chi connectivity index (χ3v) is 3.90. The molecular weight excluding hydrogens is 240 g/mol. The average molecular weight is 270 g/mol. The number of unbranched alkanes of at least 4 members (excludes halogenated alkanes) is 2. The summed E-state index contributed by atoms with van der Waals surface area (Å²) in [5.41, 5.74) is 0. The first-order valence-corrected chi connectivity index (χ1v) is 7.79. The van der Waals surface area contributed by atoms with Gasteiger partial charge in [0.05, 0.1) is 6.10 Å². The van der Waals surface area contributed by atoms with Crippen LogP contribution in [0.3, 0.4) is 0 Å². The maximum absolute atomic E-state index is 11.9. The van der Waals surface area contributed by atoms with Crippen molar-refractivity contribution in [3.8, 4) is 0 Å². The number of hydrogen-bond donors (Lipinski definition) is 2. The monoisotopic (exact) mass is 270 g/mol. The first-order valence-electron chi connectivity index (χ1n) is 7.79. The Morgan fingerprint density at radius 2 is 2.05 bits per heavy atom. The van der Waals surface area contributed by atoms with E-state index in [9.17, 15) is 4.79 Å². The molecule has 0 aromatic rings. The van der Waals surface area contributed by atoms with Crippen LogP contribution in [0.15, 0.2) is 0 Å². The molecule has 1 rings (SSSR count). The molecule has 1 aliphatic carbocycles. The van der Waals surface area contributed by atoms with Crippen LogP contribution in [-0.2, 0) is 9.53 Å². The number of carbonyl (C=O) groups excluding carboxylic acids is 1. The smallest absolute Gasteiger partial charge is 0.248 e. The van der Waals surface area contributed by atoms with Crippen molar-refractivity contribution in [1.29, 1.82) is 0 Å². The molecule has 0 bridgehead atoms. The van der Waals surface area contributed by atoms with Crippen molar-refractivity contribution < 1.29 is 9.53 Å². The molecule has 0 aromatic carbocycles. The lowest BCUT2D eigenvalue weighted by molar-refractivity contribution is -0.137. The number of carbonyl (C=O) groups is 1. The Labute approximate surface area is 117 Å². The predicted molar refractivity (Wildman–Crippen MR) is 78.2 cm³/mol. The molecule has 19 heavy (non-hydrogen) atoms. The Morgan fingerprint density at radius 1 is 1.32 bits per heavy atom. The third kappa shape index (κ3) is 5.91. The molecule has 3 unspecified atom stereocenters. The van der Waals surface area contributed by atoms with Gasteiger partial charge in [0.1, 0.15) is 6.10 Å². The Morgan fingerprint density at radius 3 is 2.74 bits per heavy atom. The Bertz CT molecular complexity index is 259. The van der Waals surface area contributed by atoms with Gasteiger partial charge in [-0.15, -0.1) is 0 Å². The van der Waals surface area contributed by atoms with Crippen LogP contribution in [0, 0.1) is 0 Å². The second-order valence-electron chi connectivity index (χ2n) is 5.49. The molecule has 0 saturated heterocycles. The molecular formula is C15H30N2O2. The van der Waals surface area contributed by atoms with Gasteiger partial charge in [-0.25, -0.2) is 0 Å². The van der Waals surface area contributed by atoms with Crippen LogP contribution in [-0.4, -0.2) is 37.7 Å². The van der Waals surface area contributed by atoms with Gasteiger partial charge in [0, 0.05) is 12.6 Å². The predicted octanol–water partition coefficient (Wildman–Crippen LogP) is 2.23. The van der Waals surface area contributed by atoms with Crippen molar-refractivity contribution in [3.63, 3.8) is 0 Å². The van der Waals surface area contributed by atoms with Crippen LogP contribution < -0.4 is 10.6 Å². The highest BCUT2D eigenvalue weighted by Gasteiger charge is 2.27. The highest BCUT2D eigenvalue weighted by atomic mass is 16.5. The fourth-order valence-electron chi connectivity index (χ4n) is 2.64. The van der Waals surface area contributed by atoms with Crippen molar-refractivity contribution in [2.24, 2.45) is 0 Å². The molecule has 0 aromatic heterocycles. The van der Waals surface area contributed by atoms with Gasteiger partial charge in [-0.05, 0) is 33.2 Å². The lowest BCUT2D eigenvalue weighted by atomic mass is 9.92. The number of amides is 1. The molecule has 0 aliphatic heterocycles. The van der Waals surface area contributed by atoms with E-state index in [1.165, 1.54) is 25.7 Å². The van der Waals surface area contributed by atoms with Crippen molar-refractivity contribution >= 4 is 5.91 Å². The standard InChI is InChI=1S/C15H30N2O2/c1-4-5-8-11-17-15(18)12(2)19-14-10-7-6-9-13(14)16-3/h12-14,16H,4-11H2,1-3H3,(H,17,18). The van der Waals surface area contributed by atoms with E-state index in [2.05, 4.69) is 17.6 Å². The zero-order valence-corrected chi connectivity index (χ0v) is 12.7. The first-order chi connectivity index (χ1) is 9.19. The third-order valence-electron chi connectivity index (χ3n) is 3.90. The minimum Gasteiger partial charge on any atom is -0.364 e. The molecule has 1 amide bonds. The van der Waals surface area contributed by atoms with Crippen molar-refractivity contribution in [2.45, 2.75) is 77.0 Å². The van der Waals surface area contributed by atoms with Gasteiger partial charge in [0.15, 0.2) is 0 Å². The van der Waals surface area contributed by atoms with Gasteiger partial charge >= 0.3 is 0 Å². The molecule has 3 atom stereocenters. The van der Waals surface area contributed by atoms with E-state index >= 15 is 0 Å². The van der Waals surface area contributed by atoms with Gasteiger partial charge in [0.2, 0.25) is 5.91 Å². The number of nitrogens with one attached hydrogen (secondary N) is 2. The fourth-order valence-corrected chi connectivity index (χ4v) is 2.64. The lowest BCUT2D eigenvalue weighted by Gasteiger charge is -2.32. The van der Waals surface area contributed by atoms with Gasteiger partial charge in [0.25, 0.3) is 0 Å². The topological polar surface area (TPSA) is 50.4 Å². The number of hydrogen-bond acceptors (Lipinski definition) is 3. The van der Waals surface area contributed by atoms with Crippen LogP contribution in [0.5, 0.6) is 0 Å². The van der Waals surface area contributed by atoms with E-state index in [0.717, 1.165) is 25.8 Å². The zero-order chi connectivity index (χ0) is 14.1. The van der Waals surface area contributed by atoms with Gasteiger partial charge in [-0.1, -0.05) is 32.6 Å².